The first-order chi connectivity index (χ1) is 8.13. The molecule has 0 heterocycles. The van der Waals surface area contributed by atoms with E-state index in [4.69, 9.17) is 11.5 Å². The van der Waals surface area contributed by atoms with Crippen LogP contribution in [0.1, 0.15) is 12.5 Å². The van der Waals surface area contributed by atoms with Crippen molar-refractivity contribution in [3.8, 4) is 0 Å². The average molecular weight is 254 g/mol. The van der Waals surface area contributed by atoms with Crippen LogP contribution in [-0.2, 0) is 6.42 Å². The maximum absolute atomic E-state index is 9.94. The molecule has 96 valence electrons. The van der Waals surface area contributed by atoms with Crippen LogP contribution in [0.25, 0.3) is 0 Å². The molecule has 1 aromatic rings. The van der Waals surface area contributed by atoms with E-state index < -0.39 is 6.10 Å². The molecule has 0 amide bonds. The fourth-order valence-corrected chi connectivity index (χ4v) is 2.39. The van der Waals surface area contributed by atoms with Crippen molar-refractivity contribution in [2.75, 3.05) is 12.3 Å². The normalized spacial score (nSPS) is 16.5. The topological polar surface area (TPSA) is 72.3 Å². The zero-order valence-electron chi connectivity index (χ0n) is 10.3. The summed E-state index contributed by atoms with van der Waals surface area (Å²) in [7, 11) is 0. The Morgan fingerprint density at radius 1 is 1.29 bits per heavy atom. The third kappa shape index (κ3) is 5.55. The molecular weight excluding hydrogens is 232 g/mol. The molecular formula is C13H22N2OS. The molecule has 5 N–H and O–H groups in total. The average Bonchev–Trinajstić information content (AvgIpc) is 2.36. The molecule has 0 aliphatic carbocycles. The quantitative estimate of drug-likeness (QED) is 0.679. The van der Waals surface area contributed by atoms with Crippen LogP contribution in [0.3, 0.4) is 0 Å². The summed E-state index contributed by atoms with van der Waals surface area (Å²) in [6.07, 6.45) is 0.230. The Morgan fingerprint density at radius 2 is 1.94 bits per heavy atom. The highest BCUT2D eigenvalue weighted by molar-refractivity contribution is 7.99. The molecule has 1 rings (SSSR count). The fourth-order valence-electron chi connectivity index (χ4n) is 1.48. The van der Waals surface area contributed by atoms with Gasteiger partial charge in [0.1, 0.15) is 0 Å². The molecule has 0 fully saturated rings. The minimum atomic E-state index is -0.478. The molecule has 0 aromatic heterocycles. The summed E-state index contributed by atoms with van der Waals surface area (Å²) in [5.74, 6) is 0.645. The van der Waals surface area contributed by atoms with Gasteiger partial charge >= 0.3 is 0 Å². The van der Waals surface area contributed by atoms with Crippen LogP contribution in [0.4, 0.5) is 0 Å². The summed E-state index contributed by atoms with van der Waals surface area (Å²) < 4.78 is 0. The minimum Gasteiger partial charge on any atom is -0.391 e. The van der Waals surface area contributed by atoms with E-state index in [1.54, 1.807) is 11.8 Å². The van der Waals surface area contributed by atoms with Gasteiger partial charge in [-0.2, -0.15) is 11.8 Å². The maximum atomic E-state index is 9.94. The Labute approximate surface area is 108 Å². The van der Waals surface area contributed by atoms with Gasteiger partial charge in [0.05, 0.1) is 6.10 Å². The molecule has 0 bridgehead atoms. The van der Waals surface area contributed by atoms with E-state index >= 15 is 0 Å². The van der Waals surface area contributed by atoms with E-state index in [9.17, 15) is 5.11 Å². The van der Waals surface area contributed by atoms with Crippen LogP contribution in [0.15, 0.2) is 30.3 Å². The van der Waals surface area contributed by atoms with Gasteiger partial charge in [0.2, 0.25) is 0 Å². The number of hydrogen-bond acceptors (Lipinski definition) is 4. The van der Waals surface area contributed by atoms with Crippen molar-refractivity contribution in [1.82, 2.24) is 0 Å². The highest BCUT2D eigenvalue weighted by Gasteiger charge is 2.16. The molecule has 0 aliphatic rings. The lowest BCUT2D eigenvalue weighted by atomic mass is 10.0. The summed E-state index contributed by atoms with van der Waals surface area (Å²) in [4.78, 5) is 0. The molecule has 0 saturated heterocycles. The molecule has 0 aliphatic heterocycles. The fraction of sp³-hybridized carbons (Fsp3) is 0.538. The molecule has 1 aromatic carbocycles. The Balaban J connectivity index is 2.34. The minimum absolute atomic E-state index is 0.213. The van der Waals surface area contributed by atoms with Gasteiger partial charge in [-0.05, 0) is 12.0 Å². The second kappa shape index (κ2) is 7.71. The van der Waals surface area contributed by atoms with E-state index in [0.717, 1.165) is 5.56 Å². The van der Waals surface area contributed by atoms with Crippen molar-refractivity contribution >= 4 is 11.8 Å². The lowest BCUT2D eigenvalue weighted by Gasteiger charge is -2.20. The first kappa shape index (κ1) is 14.5. The van der Waals surface area contributed by atoms with Crippen LogP contribution in [0.5, 0.6) is 0 Å². The van der Waals surface area contributed by atoms with Crippen molar-refractivity contribution < 1.29 is 5.11 Å². The standard InChI is InChI=1S/C13H22N2OS/c1-10(8-14)17-9-13(16)12(15)7-11-5-3-2-4-6-11/h2-6,10,12-13,16H,7-9,14-15H2,1H3. The van der Waals surface area contributed by atoms with Crippen molar-refractivity contribution in [2.45, 2.75) is 30.7 Å². The number of aliphatic hydroxyl groups excluding tert-OH is 1. The smallest absolute Gasteiger partial charge is 0.0784 e. The summed E-state index contributed by atoms with van der Waals surface area (Å²) >= 11 is 1.67. The number of benzene rings is 1. The van der Waals surface area contributed by atoms with Crippen molar-refractivity contribution in [2.24, 2.45) is 11.5 Å². The zero-order chi connectivity index (χ0) is 12.7. The third-order valence-corrected chi connectivity index (χ3v) is 3.99. The second-order valence-electron chi connectivity index (χ2n) is 4.30. The van der Waals surface area contributed by atoms with Crippen molar-refractivity contribution in [3.63, 3.8) is 0 Å². The van der Waals surface area contributed by atoms with Gasteiger partial charge in [-0.1, -0.05) is 37.3 Å². The number of hydrogen-bond donors (Lipinski definition) is 3. The maximum Gasteiger partial charge on any atom is 0.0784 e. The lowest BCUT2D eigenvalue weighted by molar-refractivity contribution is 0.167. The van der Waals surface area contributed by atoms with Gasteiger partial charge in [0.25, 0.3) is 0 Å². The molecule has 4 heteroatoms. The predicted molar refractivity (Wildman–Crippen MR) is 75.1 cm³/mol. The van der Waals surface area contributed by atoms with Crippen LogP contribution in [0, 0.1) is 0 Å². The highest BCUT2D eigenvalue weighted by Crippen LogP contribution is 2.13. The monoisotopic (exact) mass is 254 g/mol. The van der Waals surface area contributed by atoms with Gasteiger partial charge in [-0.25, -0.2) is 0 Å². The van der Waals surface area contributed by atoms with Gasteiger partial charge in [0.15, 0.2) is 0 Å². The summed E-state index contributed by atoms with van der Waals surface area (Å²) in [5.41, 5.74) is 12.7. The van der Waals surface area contributed by atoms with Gasteiger partial charge in [-0.3, -0.25) is 0 Å². The van der Waals surface area contributed by atoms with Gasteiger partial charge < -0.3 is 16.6 Å². The Kier molecular flexibility index (Phi) is 6.58. The third-order valence-electron chi connectivity index (χ3n) is 2.69. The largest absolute Gasteiger partial charge is 0.391 e. The first-order valence-corrected chi connectivity index (χ1v) is 6.97. The Bertz CT molecular complexity index is 308. The Morgan fingerprint density at radius 3 is 2.53 bits per heavy atom. The van der Waals surface area contributed by atoms with E-state index in [0.29, 0.717) is 24.0 Å². The lowest BCUT2D eigenvalue weighted by Crippen LogP contribution is -2.38. The number of aliphatic hydroxyl groups is 1. The van der Waals surface area contributed by atoms with Crippen LogP contribution in [0.2, 0.25) is 0 Å². The number of nitrogens with two attached hydrogens (primary N) is 2. The first-order valence-electron chi connectivity index (χ1n) is 5.92. The van der Waals surface area contributed by atoms with Crippen molar-refractivity contribution in [1.29, 1.82) is 0 Å². The van der Waals surface area contributed by atoms with E-state index in [1.807, 2.05) is 30.3 Å². The molecule has 3 atom stereocenters. The van der Waals surface area contributed by atoms with Crippen LogP contribution < -0.4 is 11.5 Å². The van der Waals surface area contributed by atoms with Crippen LogP contribution >= 0.6 is 11.8 Å². The SMILES string of the molecule is CC(CN)SCC(O)C(N)Cc1ccccc1. The van der Waals surface area contributed by atoms with E-state index in [2.05, 4.69) is 6.92 Å². The predicted octanol–water partition coefficient (Wildman–Crippen LogP) is 0.998. The molecule has 0 saturated carbocycles. The van der Waals surface area contributed by atoms with E-state index in [-0.39, 0.29) is 6.04 Å². The van der Waals surface area contributed by atoms with E-state index in [1.165, 1.54) is 0 Å². The highest BCUT2D eigenvalue weighted by atomic mass is 32.2. The summed E-state index contributed by atoms with van der Waals surface area (Å²) in [5, 5.41) is 10.3. The molecule has 3 nitrogen and oxygen atoms in total. The van der Waals surface area contributed by atoms with Crippen LogP contribution in [-0.4, -0.2) is 34.8 Å². The molecule has 3 unspecified atom stereocenters. The van der Waals surface area contributed by atoms with Gasteiger partial charge in [0, 0.05) is 23.6 Å². The summed E-state index contributed by atoms with van der Waals surface area (Å²) in [6.45, 7) is 2.69. The van der Waals surface area contributed by atoms with Crippen molar-refractivity contribution in [3.05, 3.63) is 35.9 Å². The zero-order valence-corrected chi connectivity index (χ0v) is 11.1. The number of rotatable bonds is 7. The molecule has 0 spiro atoms. The molecule has 0 radical (unpaired) electrons. The van der Waals surface area contributed by atoms with Gasteiger partial charge in [-0.15, -0.1) is 0 Å². The molecule has 17 heavy (non-hydrogen) atoms. The Hall–Kier alpha value is -0.550. The summed E-state index contributed by atoms with van der Waals surface area (Å²) in [6, 6.07) is 9.79. The number of thioether (sulfide) groups is 1. The second-order valence-corrected chi connectivity index (χ2v) is 5.77.